The van der Waals surface area contributed by atoms with Crippen molar-refractivity contribution in [3.8, 4) is 0 Å². The smallest absolute Gasteiger partial charge is 0.407 e. The molecule has 6 heteroatoms. The van der Waals surface area contributed by atoms with Crippen molar-refractivity contribution in [1.29, 1.82) is 0 Å². The fourth-order valence-electron chi connectivity index (χ4n) is 1.04. The monoisotopic (exact) mass is 246 g/mol. The van der Waals surface area contributed by atoms with Gasteiger partial charge in [-0.15, -0.1) is 0 Å². The second kappa shape index (κ2) is 6.98. The fourth-order valence-corrected chi connectivity index (χ4v) is 1.04. The summed E-state index contributed by atoms with van der Waals surface area (Å²) in [5.41, 5.74) is -0.506. The van der Waals surface area contributed by atoms with Crippen molar-refractivity contribution in [2.75, 3.05) is 13.7 Å². The minimum atomic E-state index is -0.506. The van der Waals surface area contributed by atoms with E-state index in [0.717, 1.165) is 0 Å². The van der Waals surface area contributed by atoms with Gasteiger partial charge in [0.25, 0.3) is 0 Å². The van der Waals surface area contributed by atoms with E-state index in [1.807, 2.05) is 6.92 Å². The van der Waals surface area contributed by atoms with Crippen molar-refractivity contribution >= 4 is 12.2 Å². The lowest BCUT2D eigenvalue weighted by atomic mass is 10.2. The highest BCUT2D eigenvalue weighted by molar-refractivity contribution is 5.68. The van der Waals surface area contributed by atoms with Gasteiger partial charge in [0.15, 0.2) is 0 Å². The molecule has 0 aromatic rings. The zero-order valence-corrected chi connectivity index (χ0v) is 11.1. The van der Waals surface area contributed by atoms with E-state index in [1.54, 1.807) is 20.8 Å². The van der Waals surface area contributed by atoms with E-state index in [4.69, 9.17) is 4.74 Å². The lowest BCUT2D eigenvalue weighted by Gasteiger charge is -2.21. The third kappa shape index (κ3) is 9.47. The second-order valence-electron chi connectivity index (χ2n) is 4.75. The van der Waals surface area contributed by atoms with Crippen LogP contribution in [0.2, 0.25) is 0 Å². The van der Waals surface area contributed by atoms with Crippen molar-refractivity contribution in [1.82, 2.24) is 10.6 Å². The first-order valence-electron chi connectivity index (χ1n) is 5.56. The molecule has 0 aliphatic heterocycles. The maximum absolute atomic E-state index is 11.4. The molecule has 0 rings (SSSR count). The van der Waals surface area contributed by atoms with Crippen molar-refractivity contribution in [2.45, 2.75) is 45.8 Å². The van der Waals surface area contributed by atoms with Crippen LogP contribution < -0.4 is 10.6 Å². The van der Waals surface area contributed by atoms with Gasteiger partial charge in [-0.3, -0.25) is 0 Å². The van der Waals surface area contributed by atoms with Crippen LogP contribution in [-0.4, -0.2) is 37.5 Å². The van der Waals surface area contributed by atoms with Gasteiger partial charge in [0.05, 0.1) is 7.11 Å². The first-order valence-corrected chi connectivity index (χ1v) is 5.56. The summed E-state index contributed by atoms with van der Waals surface area (Å²) in [6.45, 7) is 7.68. The van der Waals surface area contributed by atoms with Crippen LogP contribution in [0.15, 0.2) is 0 Å². The minimum absolute atomic E-state index is 0.0815. The fraction of sp³-hybridized carbons (Fsp3) is 0.818. The van der Waals surface area contributed by atoms with Crippen LogP contribution in [0.3, 0.4) is 0 Å². The molecule has 2 amide bonds. The van der Waals surface area contributed by atoms with E-state index in [2.05, 4.69) is 15.4 Å². The first kappa shape index (κ1) is 15.5. The Morgan fingerprint density at radius 2 is 1.82 bits per heavy atom. The van der Waals surface area contributed by atoms with Crippen molar-refractivity contribution < 1.29 is 19.1 Å². The average molecular weight is 246 g/mol. The van der Waals surface area contributed by atoms with Gasteiger partial charge in [0.1, 0.15) is 5.60 Å². The summed E-state index contributed by atoms with van der Waals surface area (Å²) in [5.74, 6) is 0. The molecule has 0 aromatic carbocycles. The highest BCUT2D eigenvalue weighted by Gasteiger charge is 2.17. The molecule has 6 nitrogen and oxygen atoms in total. The number of methoxy groups -OCH3 is 1. The molecule has 0 heterocycles. The topological polar surface area (TPSA) is 76.7 Å². The van der Waals surface area contributed by atoms with Crippen LogP contribution in [0.4, 0.5) is 9.59 Å². The standard InChI is InChI=1S/C11H22N2O4/c1-8(6-7-12-9(14)16-5)13-10(15)17-11(2,3)4/h8H,6-7H2,1-5H3,(H,12,14)(H,13,15)/t8-/m1/s1. The van der Waals surface area contributed by atoms with Gasteiger partial charge in [-0.2, -0.15) is 0 Å². The Morgan fingerprint density at radius 1 is 1.24 bits per heavy atom. The predicted octanol–water partition coefficient (Wildman–Crippen LogP) is 1.65. The van der Waals surface area contributed by atoms with E-state index >= 15 is 0 Å². The number of amides is 2. The Labute approximate surface area is 102 Å². The van der Waals surface area contributed by atoms with Crippen molar-refractivity contribution in [3.05, 3.63) is 0 Å². The van der Waals surface area contributed by atoms with Gasteiger partial charge in [-0.05, 0) is 34.1 Å². The lowest BCUT2D eigenvalue weighted by Crippen LogP contribution is -2.39. The molecule has 0 bridgehead atoms. The van der Waals surface area contributed by atoms with Gasteiger partial charge in [-0.1, -0.05) is 0 Å². The summed E-state index contributed by atoms with van der Waals surface area (Å²) in [6, 6.07) is -0.0815. The summed E-state index contributed by atoms with van der Waals surface area (Å²) >= 11 is 0. The molecule has 2 N–H and O–H groups in total. The van der Waals surface area contributed by atoms with Crippen LogP contribution in [0, 0.1) is 0 Å². The molecule has 0 fully saturated rings. The number of rotatable bonds is 4. The maximum Gasteiger partial charge on any atom is 0.407 e. The van der Waals surface area contributed by atoms with Gasteiger partial charge in [0.2, 0.25) is 0 Å². The molecule has 1 atom stereocenters. The molecular formula is C11H22N2O4. The Bertz CT molecular complexity index is 261. The summed E-state index contributed by atoms with van der Waals surface area (Å²) in [4.78, 5) is 22.1. The third-order valence-corrected chi connectivity index (χ3v) is 1.80. The van der Waals surface area contributed by atoms with Crippen LogP contribution >= 0.6 is 0 Å². The molecule has 17 heavy (non-hydrogen) atoms. The van der Waals surface area contributed by atoms with E-state index in [9.17, 15) is 9.59 Å². The molecule has 0 aromatic heterocycles. The van der Waals surface area contributed by atoms with Crippen LogP contribution in [-0.2, 0) is 9.47 Å². The number of alkyl carbamates (subject to hydrolysis) is 2. The van der Waals surface area contributed by atoms with Gasteiger partial charge in [-0.25, -0.2) is 9.59 Å². The SMILES string of the molecule is COC(=O)NCC[C@@H](C)NC(=O)OC(C)(C)C. The molecule has 0 aliphatic rings. The molecule has 0 radical (unpaired) electrons. The Balaban J connectivity index is 3.75. The lowest BCUT2D eigenvalue weighted by molar-refractivity contribution is 0.0507. The quantitative estimate of drug-likeness (QED) is 0.790. The van der Waals surface area contributed by atoms with Crippen LogP contribution in [0.25, 0.3) is 0 Å². The van der Waals surface area contributed by atoms with Crippen molar-refractivity contribution in [3.63, 3.8) is 0 Å². The molecular weight excluding hydrogens is 224 g/mol. The van der Waals surface area contributed by atoms with Crippen LogP contribution in [0.1, 0.15) is 34.1 Å². The predicted molar refractivity (Wildman–Crippen MR) is 63.9 cm³/mol. The molecule has 0 saturated carbocycles. The number of hydrogen-bond acceptors (Lipinski definition) is 4. The van der Waals surface area contributed by atoms with Crippen molar-refractivity contribution in [2.24, 2.45) is 0 Å². The Morgan fingerprint density at radius 3 is 2.29 bits per heavy atom. The number of carbonyl (C=O) groups is 2. The molecule has 100 valence electrons. The molecule has 0 spiro atoms. The zero-order chi connectivity index (χ0) is 13.5. The van der Waals surface area contributed by atoms with E-state index in [0.29, 0.717) is 13.0 Å². The van der Waals surface area contributed by atoms with E-state index in [1.165, 1.54) is 7.11 Å². The second-order valence-corrected chi connectivity index (χ2v) is 4.75. The van der Waals surface area contributed by atoms with Gasteiger partial charge < -0.3 is 20.1 Å². The van der Waals surface area contributed by atoms with Crippen LogP contribution in [0.5, 0.6) is 0 Å². The Kier molecular flexibility index (Phi) is 6.38. The average Bonchev–Trinajstić information content (AvgIpc) is 2.13. The largest absolute Gasteiger partial charge is 0.453 e. The molecule has 0 unspecified atom stereocenters. The number of nitrogens with one attached hydrogen (secondary N) is 2. The zero-order valence-electron chi connectivity index (χ0n) is 11.1. The number of carbonyl (C=O) groups excluding carboxylic acids is 2. The Hall–Kier alpha value is -1.46. The van der Waals surface area contributed by atoms with Gasteiger partial charge in [0, 0.05) is 12.6 Å². The highest BCUT2D eigenvalue weighted by atomic mass is 16.6. The number of ether oxygens (including phenoxy) is 2. The summed E-state index contributed by atoms with van der Waals surface area (Å²) < 4.78 is 9.51. The molecule has 0 saturated heterocycles. The van der Waals surface area contributed by atoms with E-state index in [-0.39, 0.29) is 6.04 Å². The third-order valence-electron chi connectivity index (χ3n) is 1.80. The first-order chi connectivity index (χ1) is 7.74. The van der Waals surface area contributed by atoms with E-state index < -0.39 is 17.8 Å². The minimum Gasteiger partial charge on any atom is -0.453 e. The van der Waals surface area contributed by atoms with Gasteiger partial charge >= 0.3 is 12.2 Å². The summed E-state index contributed by atoms with van der Waals surface area (Å²) in [5, 5.41) is 5.21. The summed E-state index contributed by atoms with van der Waals surface area (Å²) in [7, 11) is 1.30. The number of hydrogen-bond donors (Lipinski definition) is 2. The molecule has 0 aliphatic carbocycles. The maximum atomic E-state index is 11.4. The highest BCUT2D eigenvalue weighted by Crippen LogP contribution is 2.06. The summed E-state index contributed by atoms with van der Waals surface area (Å²) in [6.07, 6.45) is -0.327. The normalized spacial score (nSPS) is 12.5.